The van der Waals surface area contributed by atoms with Crippen molar-refractivity contribution in [2.24, 2.45) is 7.05 Å². The standard InChI is InChI=1S/C18H18N2O5/c1-10-7-11-8-12(5-6-14(11)20(4)15(10)21)19-9-13-16(22)24-18(2,3)25-17(13)23/h5-9,19H,1-4H3. The molecule has 0 aliphatic carbocycles. The summed E-state index contributed by atoms with van der Waals surface area (Å²) in [6.07, 6.45) is 1.26. The van der Waals surface area contributed by atoms with E-state index in [4.69, 9.17) is 9.47 Å². The van der Waals surface area contributed by atoms with Crippen molar-refractivity contribution in [3.63, 3.8) is 0 Å². The third kappa shape index (κ3) is 3.13. The lowest BCUT2D eigenvalue weighted by Gasteiger charge is -2.29. The molecule has 2 aromatic rings. The molecule has 1 fully saturated rings. The van der Waals surface area contributed by atoms with Crippen molar-refractivity contribution < 1.29 is 19.1 Å². The lowest BCUT2D eigenvalue weighted by Crippen LogP contribution is -2.42. The van der Waals surface area contributed by atoms with Gasteiger partial charge in [0.05, 0.1) is 5.52 Å². The molecule has 0 spiro atoms. The number of carbonyl (C=O) groups excluding carboxylic acids is 2. The van der Waals surface area contributed by atoms with Crippen LogP contribution in [0, 0.1) is 6.92 Å². The smallest absolute Gasteiger partial charge is 0.350 e. The molecule has 130 valence electrons. The number of esters is 2. The summed E-state index contributed by atoms with van der Waals surface area (Å²) in [4.78, 5) is 35.8. The third-order valence-corrected chi connectivity index (χ3v) is 3.90. The molecule has 1 aliphatic heterocycles. The van der Waals surface area contributed by atoms with Gasteiger partial charge in [-0.15, -0.1) is 0 Å². The molecule has 2 heterocycles. The lowest BCUT2D eigenvalue weighted by atomic mass is 10.1. The molecule has 7 nitrogen and oxygen atoms in total. The number of pyridine rings is 1. The second-order valence-electron chi connectivity index (χ2n) is 6.35. The number of rotatable bonds is 2. The Balaban J connectivity index is 1.91. The number of cyclic esters (lactones) is 2. The molecular weight excluding hydrogens is 324 g/mol. The van der Waals surface area contributed by atoms with E-state index in [0.717, 1.165) is 10.9 Å². The Morgan fingerprint density at radius 2 is 1.72 bits per heavy atom. The fourth-order valence-electron chi connectivity index (χ4n) is 2.67. The van der Waals surface area contributed by atoms with E-state index in [0.29, 0.717) is 11.3 Å². The number of aryl methyl sites for hydroxylation is 2. The van der Waals surface area contributed by atoms with Gasteiger partial charge < -0.3 is 19.4 Å². The van der Waals surface area contributed by atoms with Crippen LogP contribution in [-0.4, -0.2) is 22.3 Å². The van der Waals surface area contributed by atoms with Crippen LogP contribution in [0.15, 0.2) is 40.8 Å². The normalized spacial score (nSPS) is 16.4. The van der Waals surface area contributed by atoms with Gasteiger partial charge in [0, 0.05) is 43.7 Å². The Labute approximate surface area is 143 Å². The number of ether oxygens (including phenoxy) is 2. The molecule has 1 N–H and O–H groups in total. The van der Waals surface area contributed by atoms with Gasteiger partial charge in [-0.2, -0.15) is 0 Å². The maximum absolute atomic E-state index is 12.0. The molecule has 3 rings (SSSR count). The van der Waals surface area contributed by atoms with Crippen LogP contribution < -0.4 is 10.9 Å². The van der Waals surface area contributed by atoms with Crippen LogP contribution in [0.3, 0.4) is 0 Å². The molecule has 0 atom stereocenters. The van der Waals surface area contributed by atoms with E-state index in [1.54, 1.807) is 36.7 Å². The number of hydrogen-bond acceptors (Lipinski definition) is 6. The molecule has 1 aliphatic rings. The van der Waals surface area contributed by atoms with E-state index in [9.17, 15) is 14.4 Å². The van der Waals surface area contributed by atoms with Gasteiger partial charge >= 0.3 is 11.9 Å². The van der Waals surface area contributed by atoms with Crippen molar-refractivity contribution in [1.29, 1.82) is 0 Å². The van der Waals surface area contributed by atoms with E-state index in [1.807, 2.05) is 6.07 Å². The average molecular weight is 342 g/mol. The number of anilines is 1. The topological polar surface area (TPSA) is 86.6 Å². The van der Waals surface area contributed by atoms with Gasteiger partial charge in [0.2, 0.25) is 0 Å². The van der Waals surface area contributed by atoms with Gasteiger partial charge in [0.15, 0.2) is 5.57 Å². The van der Waals surface area contributed by atoms with Gasteiger partial charge in [0.1, 0.15) is 0 Å². The Hall–Kier alpha value is -3.09. The third-order valence-electron chi connectivity index (χ3n) is 3.90. The van der Waals surface area contributed by atoms with Crippen LogP contribution in [-0.2, 0) is 26.1 Å². The molecule has 0 bridgehead atoms. The number of nitrogens with zero attached hydrogens (tertiary/aromatic N) is 1. The zero-order chi connectivity index (χ0) is 18.4. The molecule has 0 unspecified atom stereocenters. The predicted octanol–water partition coefficient (Wildman–Crippen LogP) is 1.98. The van der Waals surface area contributed by atoms with Gasteiger partial charge in [-0.3, -0.25) is 4.79 Å². The van der Waals surface area contributed by atoms with Crippen LogP contribution in [0.4, 0.5) is 5.69 Å². The summed E-state index contributed by atoms with van der Waals surface area (Å²) in [5.41, 5.74) is 1.81. The van der Waals surface area contributed by atoms with Crippen LogP contribution >= 0.6 is 0 Å². The number of aromatic nitrogens is 1. The molecule has 7 heteroatoms. The number of nitrogens with one attached hydrogen (secondary N) is 1. The van der Waals surface area contributed by atoms with Crippen molar-refractivity contribution in [1.82, 2.24) is 4.57 Å². The number of benzene rings is 1. The first kappa shape index (κ1) is 16.8. The molecule has 0 amide bonds. The molecule has 1 aromatic carbocycles. The van der Waals surface area contributed by atoms with Crippen LogP contribution in [0.2, 0.25) is 0 Å². The van der Waals surface area contributed by atoms with E-state index in [2.05, 4.69) is 5.32 Å². The maximum Gasteiger partial charge on any atom is 0.350 e. The largest absolute Gasteiger partial charge is 0.419 e. The summed E-state index contributed by atoms with van der Waals surface area (Å²) >= 11 is 0. The Bertz CT molecular complexity index is 963. The summed E-state index contributed by atoms with van der Waals surface area (Å²) in [7, 11) is 1.71. The minimum absolute atomic E-state index is 0.0503. The second-order valence-corrected chi connectivity index (χ2v) is 6.35. The predicted molar refractivity (Wildman–Crippen MR) is 91.9 cm³/mol. The summed E-state index contributed by atoms with van der Waals surface area (Å²) in [5.74, 6) is -2.75. The van der Waals surface area contributed by atoms with Gasteiger partial charge in [-0.05, 0) is 31.2 Å². The number of carbonyl (C=O) groups is 2. The second kappa shape index (κ2) is 5.77. The van der Waals surface area contributed by atoms with E-state index in [-0.39, 0.29) is 11.1 Å². The highest BCUT2D eigenvalue weighted by Gasteiger charge is 2.38. The Morgan fingerprint density at radius 3 is 2.36 bits per heavy atom. The Kier molecular flexibility index (Phi) is 3.87. The summed E-state index contributed by atoms with van der Waals surface area (Å²) in [5, 5.41) is 3.76. The minimum atomic E-state index is -1.27. The van der Waals surface area contributed by atoms with E-state index >= 15 is 0 Å². The molecule has 0 radical (unpaired) electrons. The van der Waals surface area contributed by atoms with Crippen molar-refractivity contribution in [3.05, 3.63) is 52.0 Å². The molecule has 1 aromatic heterocycles. The molecule has 1 saturated heterocycles. The summed E-state index contributed by atoms with van der Waals surface area (Å²) in [6, 6.07) is 7.15. The first-order valence-electron chi connectivity index (χ1n) is 7.72. The summed E-state index contributed by atoms with van der Waals surface area (Å²) in [6.45, 7) is 4.73. The van der Waals surface area contributed by atoms with E-state index < -0.39 is 17.7 Å². The van der Waals surface area contributed by atoms with Crippen LogP contribution in [0.5, 0.6) is 0 Å². The minimum Gasteiger partial charge on any atom is -0.419 e. The van der Waals surface area contributed by atoms with Crippen molar-refractivity contribution >= 4 is 28.5 Å². The molecule has 0 saturated carbocycles. The van der Waals surface area contributed by atoms with Gasteiger partial charge in [0.25, 0.3) is 11.3 Å². The molecule has 25 heavy (non-hydrogen) atoms. The zero-order valence-electron chi connectivity index (χ0n) is 14.4. The highest BCUT2D eigenvalue weighted by Crippen LogP contribution is 2.23. The van der Waals surface area contributed by atoms with Crippen molar-refractivity contribution in [2.45, 2.75) is 26.6 Å². The fraction of sp³-hybridized carbons (Fsp3) is 0.278. The maximum atomic E-state index is 12.0. The Morgan fingerprint density at radius 1 is 1.08 bits per heavy atom. The quantitative estimate of drug-likeness (QED) is 0.510. The first-order chi connectivity index (χ1) is 11.7. The first-order valence-corrected chi connectivity index (χ1v) is 7.72. The SMILES string of the molecule is Cc1cc2cc(NC=C3C(=O)OC(C)(C)OC3=O)ccc2n(C)c1=O. The van der Waals surface area contributed by atoms with Crippen LogP contribution in [0.1, 0.15) is 19.4 Å². The number of fused-ring (bicyclic) bond motifs is 1. The zero-order valence-corrected chi connectivity index (χ0v) is 14.4. The van der Waals surface area contributed by atoms with Crippen molar-refractivity contribution in [2.75, 3.05) is 5.32 Å². The average Bonchev–Trinajstić information content (AvgIpc) is 2.50. The fourth-order valence-corrected chi connectivity index (χ4v) is 2.67. The van der Waals surface area contributed by atoms with Gasteiger partial charge in [-0.25, -0.2) is 9.59 Å². The van der Waals surface area contributed by atoms with E-state index in [1.165, 1.54) is 20.0 Å². The van der Waals surface area contributed by atoms with Gasteiger partial charge in [-0.1, -0.05) is 0 Å². The number of hydrogen-bond donors (Lipinski definition) is 1. The highest BCUT2D eigenvalue weighted by molar-refractivity contribution is 6.15. The highest BCUT2D eigenvalue weighted by atomic mass is 16.7. The summed E-state index contributed by atoms with van der Waals surface area (Å²) < 4.78 is 11.6. The molecular formula is C18H18N2O5. The lowest BCUT2D eigenvalue weighted by molar-refractivity contribution is -0.222. The monoisotopic (exact) mass is 342 g/mol. The van der Waals surface area contributed by atoms with Crippen LogP contribution in [0.25, 0.3) is 10.9 Å². The van der Waals surface area contributed by atoms with Crippen molar-refractivity contribution in [3.8, 4) is 0 Å².